The van der Waals surface area contributed by atoms with Crippen LogP contribution in [0.2, 0.25) is 0 Å². The maximum atomic E-state index is 12.5. The first-order valence-electron chi connectivity index (χ1n) is 10.3. The number of nitro groups is 1. The molecule has 1 fully saturated rings. The van der Waals surface area contributed by atoms with E-state index in [4.69, 9.17) is 4.74 Å². The third kappa shape index (κ3) is 4.66. The smallest absolute Gasteiger partial charge is 0.271 e. The van der Waals surface area contributed by atoms with E-state index in [0.717, 1.165) is 31.4 Å². The van der Waals surface area contributed by atoms with Crippen LogP contribution in [0, 0.1) is 10.1 Å². The second-order valence-corrected chi connectivity index (χ2v) is 8.47. The van der Waals surface area contributed by atoms with Gasteiger partial charge in [0, 0.05) is 18.2 Å². The van der Waals surface area contributed by atoms with Crippen LogP contribution >= 0.6 is 11.8 Å². The lowest BCUT2D eigenvalue weighted by atomic mass is 9.95. The number of thioether (sulfide) groups is 1. The zero-order valence-corrected chi connectivity index (χ0v) is 18.1. The van der Waals surface area contributed by atoms with Crippen LogP contribution in [-0.4, -0.2) is 39.3 Å². The monoisotopic (exact) mass is 440 g/mol. The Hall–Kier alpha value is -3.07. The maximum Gasteiger partial charge on any atom is 0.271 e. The molecule has 0 spiro atoms. The number of para-hydroxylation sites is 2. The number of carbonyl (C=O) groups excluding carboxylic acids is 1. The largest absolute Gasteiger partial charge is 0.495 e. The molecule has 0 atom stereocenters. The molecule has 1 aliphatic carbocycles. The number of hydrogen-bond donors (Lipinski definition) is 1. The predicted molar refractivity (Wildman–Crippen MR) is 120 cm³/mol. The van der Waals surface area contributed by atoms with E-state index in [0.29, 0.717) is 21.9 Å². The van der Waals surface area contributed by atoms with Gasteiger partial charge in [-0.1, -0.05) is 43.2 Å². The molecule has 0 saturated heterocycles. The van der Waals surface area contributed by atoms with Gasteiger partial charge in [0.2, 0.25) is 5.91 Å². The Balaban J connectivity index is 1.66. The third-order valence-corrected chi connectivity index (χ3v) is 6.39. The summed E-state index contributed by atoms with van der Waals surface area (Å²) in [7, 11) is 1.59. The quantitative estimate of drug-likeness (QED) is 0.330. The summed E-state index contributed by atoms with van der Waals surface area (Å²) in [6.45, 7) is 0. The Morgan fingerprint density at radius 2 is 2.03 bits per heavy atom. The molecule has 1 amide bonds. The van der Waals surface area contributed by atoms with Gasteiger partial charge in [-0.15, -0.1) is 0 Å². The van der Waals surface area contributed by atoms with Crippen molar-refractivity contribution in [2.45, 2.75) is 43.3 Å². The van der Waals surface area contributed by atoms with Gasteiger partial charge in [0.25, 0.3) is 5.69 Å². The fourth-order valence-corrected chi connectivity index (χ4v) is 4.78. The lowest BCUT2D eigenvalue weighted by Crippen LogP contribution is -2.37. The molecule has 1 N–H and O–H groups in total. The Kier molecular flexibility index (Phi) is 6.41. The molecular formula is C22H24N4O4S. The summed E-state index contributed by atoms with van der Waals surface area (Å²) < 4.78 is 7.40. The average Bonchev–Trinajstić information content (AvgIpc) is 3.15. The first kappa shape index (κ1) is 21.2. The molecule has 4 rings (SSSR count). The molecule has 31 heavy (non-hydrogen) atoms. The number of benzene rings is 2. The molecule has 0 unspecified atom stereocenters. The first-order valence-corrected chi connectivity index (χ1v) is 11.3. The van der Waals surface area contributed by atoms with Crippen LogP contribution in [0.3, 0.4) is 0 Å². The second-order valence-electron chi connectivity index (χ2n) is 7.52. The van der Waals surface area contributed by atoms with E-state index < -0.39 is 4.92 Å². The zero-order valence-electron chi connectivity index (χ0n) is 17.2. The molecule has 1 aliphatic rings. The van der Waals surface area contributed by atoms with Gasteiger partial charge in [-0.05, 0) is 31.0 Å². The van der Waals surface area contributed by atoms with E-state index in [1.54, 1.807) is 13.2 Å². The predicted octanol–water partition coefficient (Wildman–Crippen LogP) is 4.48. The number of nitro benzene ring substituents is 1. The molecule has 0 radical (unpaired) electrons. The number of ether oxygens (including phenoxy) is 1. The second kappa shape index (κ2) is 9.38. The first-order chi connectivity index (χ1) is 15.1. The minimum absolute atomic E-state index is 0.0243. The van der Waals surface area contributed by atoms with Crippen LogP contribution in [-0.2, 0) is 4.79 Å². The van der Waals surface area contributed by atoms with Gasteiger partial charge < -0.3 is 10.1 Å². The average molecular weight is 441 g/mol. The topological polar surface area (TPSA) is 99.3 Å². The van der Waals surface area contributed by atoms with Crippen molar-refractivity contribution in [2.24, 2.45) is 0 Å². The van der Waals surface area contributed by atoms with Gasteiger partial charge in [-0.25, -0.2) is 4.98 Å². The number of rotatable bonds is 7. The minimum atomic E-state index is -0.438. The molecule has 0 bridgehead atoms. The highest BCUT2D eigenvalue weighted by atomic mass is 32.2. The molecule has 1 aromatic heterocycles. The van der Waals surface area contributed by atoms with Gasteiger partial charge in [-0.3, -0.25) is 19.5 Å². The summed E-state index contributed by atoms with van der Waals surface area (Å²) in [4.78, 5) is 27.9. The summed E-state index contributed by atoms with van der Waals surface area (Å²) in [5, 5.41) is 14.9. The number of methoxy groups -OCH3 is 1. The molecule has 3 aromatic rings. The summed E-state index contributed by atoms with van der Waals surface area (Å²) >= 11 is 1.31. The van der Waals surface area contributed by atoms with E-state index in [9.17, 15) is 14.9 Å². The Morgan fingerprint density at radius 1 is 1.26 bits per heavy atom. The Morgan fingerprint density at radius 3 is 2.77 bits per heavy atom. The van der Waals surface area contributed by atoms with Crippen LogP contribution in [0.1, 0.15) is 32.1 Å². The highest BCUT2D eigenvalue weighted by molar-refractivity contribution is 7.99. The number of non-ortho nitro benzene ring substituents is 1. The fraction of sp³-hybridized carbons (Fsp3) is 0.364. The molecule has 9 heteroatoms. The molecule has 2 aromatic carbocycles. The van der Waals surface area contributed by atoms with Crippen LogP contribution in [0.15, 0.2) is 47.6 Å². The van der Waals surface area contributed by atoms with Gasteiger partial charge in [0.15, 0.2) is 5.16 Å². The normalized spacial score (nSPS) is 14.5. The molecular weight excluding hydrogens is 416 g/mol. The molecule has 8 nitrogen and oxygen atoms in total. The lowest BCUT2D eigenvalue weighted by Gasteiger charge is -2.22. The van der Waals surface area contributed by atoms with Gasteiger partial charge in [-0.2, -0.15) is 0 Å². The summed E-state index contributed by atoms with van der Waals surface area (Å²) in [5.74, 6) is 0.840. The van der Waals surface area contributed by atoms with Gasteiger partial charge in [0.05, 0.1) is 34.5 Å². The third-order valence-electron chi connectivity index (χ3n) is 5.45. The van der Waals surface area contributed by atoms with E-state index >= 15 is 0 Å². The number of amides is 1. The van der Waals surface area contributed by atoms with E-state index in [2.05, 4.69) is 10.3 Å². The zero-order chi connectivity index (χ0) is 21.8. The number of aromatic nitrogens is 2. The number of imidazole rings is 1. The van der Waals surface area contributed by atoms with Crippen molar-refractivity contribution < 1.29 is 14.5 Å². The SMILES string of the molecule is COc1ccccc1-n1c(SCC(=O)NC2CCCCC2)nc2cc([N+](=O)[O-])ccc21. The van der Waals surface area contributed by atoms with E-state index in [1.165, 1.54) is 30.3 Å². The van der Waals surface area contributed by atoms with E-state index in [1.807, 2.05) is 28.8 Å². The highest BCUT2D eigenvalue weighted by Gasteiger charge is 2.20. The maximum absolute atomic E-state index is 12.5. The molecule has 1 saturated carbocycles. The van der Waals surface area contributed by atoms with Gasteiger partial charge >= 0.3 is 0 Å². The summed E-state index contributed by atoms with van der Waals surface area (Å²) in [6, 6.07) is 12.3. The summed E-state index contributed by atoms with van der Waals surface area (Å²) in [6.07, 6.45) is 5.59. The van der Waals surface area contributed by atoms with Crippen molar-refractivity contribution in [3.63, 3.8) is 0 Å². The van der Waals surface area contributed by atoms with Crippen LogP contribution in [0.25, 0.3) is 16.7 Å². The minimum Gasteiger partial charge on any atom is -0.495 e. The number of hydrogen-bond acceptors (Lipinski definition) is 6. The van der Waals surface area contributed by atoms with Crippen molar-refractivity contribution in [1.29, 1.82) is 0 Å². The van der Waals surface area contributed by atoms with Crippen molar-refractivity contribution in [1.82, 2.24) is 14.9 Å². The van der Waals surface area contributed by atoms with E-state index in [-0.39, 0.29) is 23.4 Å². The van der Waals surface area contributed by atoms with Crippen LogP contribution < -0.4 is 10.1 Å². The lowest BCUT2D eigenvalue weighted by molar-refractivity contribution is -0.384. The van der Waals surface area contributed by atoms with Crippen LogP contribution in [0.5, 0.6) is 5.75 Å². The Labute approximate surface area is 184 Å². The fourth-order valence-electron chi connectivity index (χ4n) is 3.95. The number of nitrogens with one attached hydrogen (secondary N) is 1. The van der Waals surface area contributed by atoms with Crippen molar-refractivity contribution in [3.8, 4) is 11.4 Å². The molecule has 0 aliphatic heterocycles. The van der Waals surface area contributed by atoms with Crippen molar-refractivity contribution >= 4 is 34.4 Å². The molecule has 1 heterocycles. The number of fused-ring (bicyclic) bond motifs is 1. The number of nitrogens with zero attached hydrogens (tertiary/aromatic N) is 3. The highest BCUT2D eigenvalue weighted by Crippen LogP contribution is 2.33. The molecule has 162 valence electrons. The van der Waals surface area contributed by atoms with Crippen molar-refractivity contribution in [2.75, 3.05) is 12.9 Å². The van der Waals surface area contributed by atoms with Crippen LogP contribution in [0.4, 0.5) is 5.69 Å². The summed E-state index contributed by atoms with van der Waals surface area (Å²) in [5.41, 5.74) is 1.95. The number of carbonyl (C=O) groups is 1. The van der Waals surface area contributed by atoms with Gasteiger partial charge in [0.1, 0.15) is 5.75 Å². The Bertz CT molecular complexity index is 1110. The van der Waals surface area contributed by atoms with Crippen molar-refractivity contribution in [3.05, 3.63) is 52.6 Å². The standard InChI is InChI=1S/C22H24N4O4S/c1-30-20-10-6-5-9-19(20)25-18-12-11-16(26(28)29)13-17(18)24-22(25)31-14-21(27)23-15-7-3-2-4-8-15/h5-6,9-13,15H,2-4,7-8,14H2,1H3,(H,23,27).